The minimum absolute atomic E-state index is 0.121. The van der Waals surface area contributed by atoms with Crippen molar-refractivity contribution < 1.29 is 14.3 Å². The van der Waals surface area contributed by atoms with Crippen molar-refractivity contribution in [3.05, 3.63) is 71.8 Å². The fourth-order valence-corrected chi connectivity index (χ4v) is 2.76. The summed E-state index contributed by atoms with van der Waals surface area (Å²) in [6, 6.07) is 18.3. The smallest absolute Gasteiger partial charge is 0.248 e. The van der Waals surface area contributed by atoms with Crippen LogP contribution < -0.4 is 15.8 Å². The van der Waals surface area contributed by atoms with Crippen LogP contribution in [0, 0.1) is 0 Å². The molecule has 0 aromatic heterocycles. The van der Waals surface area contributed by atoms with Gasteiger partial charge in [0.25, 0.3) is 0 Å². The molecule has 3 rings (SSSR count). The van der Waals surface area contributed by atoms with Crippen molar-refractivity contribution in [2.24, 2.45) is 5.73 Å². The van der Waals surface area contributed by atoms with Gasteiger partial charge in [-0.3, -0.25) is 9.59 Å². The van der Waals surface area contributed by atoms with Crippen LogP contribution in [0.25, 0.3) is 10.8 Å². The molecular formula is C21H20N2O3. The maximum absolute atomic E-state index is 12.5. The summed E-state index contributed by atoms with van der Waals surface area (Å²) in [5, 5.41) is 4.97. The molecule has 0 fully saturated rings. The van der Waals surface area contributed by atoms with Gasteiger partial charge >= 0.3 is 0 Å². The molecule has 1 atom stereocenters. The lowest BCUT2D eigenvalue weighted by molar-refractivity contribution is -0.117. The first kappa shape index (κ1) is 17.5. The Morgan fingerprint density at radius 3 is 2.27 bits per heavy atom. The van der Waals surface area contributed by atoms with Crippen molar-refractivity contribution in [3.63, 3.8) is 0 Å². The summed E-state index contributed by atoms with van der Waals surface area (Å²) in [7, 11) is 1.64. The lowest BCUT2D eigenvalue weighted by Gasteiger charge is -2.14. The average Bonchev–Trinajstić information content (AvgIpc) is 2.66. The van der Waals surface area contributed by atoms with E-state index in [0.717, 1.165) is 22.1 Å². The van der Waals surface area contributed by atoms with Gasteiger partial charge < -0.3 is 15.8 Å². The lowest BCUT2D eigenvalue weighted by Crippen LogP contribution is -2.19. The molecule has 0 aliphatic rings. The standard InChI is InChI=1S/C21H20N2O3/c1-13(21(25)23-18-8-5-14(6-9-18)20(22)24)15-3-4-17-12-19(26-2)10-7-16(17)11-15/h3-13H,1-2H3,(H2,22,24)(H,23,25). The van der Waals surface area contributed by atoms with Crippen molar-refractivity contribution in [2.45, 2.75) is 12.8 Å². The van der Waals surface area contributed by atoms with Crippen LogP contribution in [0.2, 0.25) is 0 Å². The molecule has 2 amide bonds. The Hall–Kier alpha value is -3.34. The topological polar surface area (TPSA) is 81.4 Å². The molecule has 5 nitrogen and oxygen atoms in total. The Morgan fingerprint density at radius 2 is 1.62 bits per heavy atom. The summed E-state index contributed by atoms with van der Waals surface area (Å²) in [4.78, 5) is 23.6. The molecule has 0 aliphatic carbocycles. The number of carbonyl (C=O) groups excluding carboxylic acids is 2. The van der Waals surface area contributed by atoms with Gasteiger partial charge in [-0.15, -0.1) is 0 Å². The predicted octanol–water partition coefficient (Wildman–Crippen LogP) is 3.69. The van der Waals surface area contributed by atoms with Gasteiger partial charge in [0.15, 0.2) is 0 Å². The van der Waals surface area contributed by atoms with E-state index in [-0.39, 0.29) is 11.8 Å². The highest BCUT2D eigenvalue weighted by molar-refractivity contribution is 5.97. The van der Waals surface area contributed by atoms with Crippen LogP contribution in [-0.2, 0) is 4.79 Å². The van der Waals surface area contributed by atoms with Gasteiger partial charge in [0.2, 0.25) is 11.8 Å². The number of benzene rings is 3. The van der Waals surface area contributed by atoms with E-state index in [1.807, 2.05) is 43.3 Å². The van der Waals surface area contributed by atoms with Gasteiger partial charge in [-0.1, -0.05) is 24.3 Å². The summed E-state index contributed by atoms with van der Waals surface area (Å²) in [5.41, 5.74) is 7.17. The maximum atomic E-state index is 12.5. The molecular weight excluding hydrogens is 328 g/mol. The van der Waals surface area contributed by atoms with E-state index in [4.69, 9.17) is 10.5 Å². The Balaban J connectivity index is 1.77. The number of fused-ring (bicyclic) bond motifs is 1. The zero-order valence-corrected chi connectivity index (χ0v) is 14.7. The molecule has 26 heavy (non-hydrogen) atoms. The van der Waals surface area contributed by atoms with Gasteiger partial charge in [-0.2, -0.15) is 0 Å². The first-order valence-electron chi connectivity index (χ1n) is 8.26. The molecule has 0 heterocycles. The number of nitrogens with two attached hydrogens (primary N) is 1. The van der Waals surface area contributed by atoms with Gasteiger partial charge in [-0.05, 0) is 59.7 Å². The highest BCUT2D eigenvalue weighted by atomic mass is 16.5. The molecule has 1 unspecified atom stereocenters. The number of amides is 2. The third-order valence-corrected chi connectivity index (χ3v) is 4.40. The molecule has 3 N–H and O–H groups in total. The first-order chi connectivity index (χ1) is 12.5. The van der Waals surface area contributed by atoms with Crippen LogP contribution in [0.3, 0.4) is 0 Å². The molecule has 132 valence electrons. The summed E-state index contributed by atoms with van der Waals surface area (Å²) in [5.74, 6) is -0.138. The highest BCUT2D eigenvalue weighted by Gasteiger charge is 2.16. The number of rotatable bonds is 5. The number of hydrogen-bond acceptors (Lipinski definition) is 3. The minimum Gasteiger partial charge on any atom is -0.497 e. The third kappa shape index (κ3) is 3.67. The third-order valence-electron chi connectivity index (χ3n) is 4.40. The summed E-state index contributed by atoms with van der Waals surface area (Å²) in [6.07, 6.45) is 0. The molecule has 3 aromatic carbocycles. The summed E-state index contributed by atoms with van der Waals surface area (Å²) < 4.78 is 5.23. The van der Waals surface area contributed by atoms with Crippen LogP contribution in [0.4, 0.5) is 5.69 Å². The fourth-order valence-electron chi connectivity index (χ4n) is 2.76. The number of ether oxygens (including phenoxy) is 1. The maximum Gasteiger partial charge on any atom is 0.248 e. The second-order valence-electron chi connectivity index (χ2n) is 6.13. The van der Waals surface area contributed by atoms with E-state index < -0.39 is 5.91 Å². The number of hydrogen-bond donors (Lipinski definition) is 2. The van der Waals surface area contributed by atoms with E-state index in [1.54, 1.807) is 31.4 Å². The van der Waals surface area contributed by atoms with Gasteiger partial charge in [0.1, 0.15) is 5.75 Å². The van der Waals surface area contributed by atoms with Crippen molar-refractivity contribution in [2.75, 3.05) is 12.4 Å². The Labute approximate surface area is 151 Å². The SMILES string of the molecule is COc1ccc2cc(C(C)C(=O)Nc3ccc(C(N)=O)cc3)ccc2c1. The van der Waals surface area contributed by atoms with E-state index >= 15 is 0 Å². The second-order valence-corrected chi connectivity index (χ2v) is 6.13. The average molecular weight is 348 g/mol. The number of carbonyl (C=O) groups is 2. The molecule has 0 radical (unpaired) electrons. The molecule has 0 saturated heterocycles. The second kappa shape index (κ2) is 7.27. The van der Waals surface area contributed by atoms with Gasteiger partial charge in [0.05, 0.1) is 13.0 Å². The number of nitrogens with one attached hydrogen (secondary N) is 1. The van der Waals surface area contributed by atoms with Crippen LogP contribution in [0.5, 0.6) is 5.75 Å². The monoisotopic (exact) mass is 348 g/mol. The molecule has 0 aliphatic heterocycles. The quantitative estimate of drug-likeness (QED) is 0.738. The van der Waals surface area contributed by atoms with Gasteiger partial charge in [-0.25, -0.2) is 0 Å². The molecule has 0 saturated carbocycles. The van der Waals surface area contributed by atoms with E-state index in [9.17, 15) is 9.59 Å². The molecule has 0 spiro atoms. The van der Waals surface area contributed by atoms with Crippen LogP contribution in [0.1, 0.15) is 28.8 Å². The van der Waals surface area contributed by atoms with Crippen molar-refractivity contribution in [1.82, 2.24) is 0 Å². The first-order valence-corrected chi connectivity index (χ1v) is 8.26. The number of primary amides is 1. The van der Waals surface area contributed by atoms with Crippen molar-refractivity contribution >= 4 is 28.3 Å². The zero-order chi connectivity index (χ0) is 18.7. The van der Waals surface area contributed by atoms with E-state index in [2.05, 4.69) is 5.32 Å². The highest BCUT2D eigenvalue weighted by Crippen LogP contribution is 2.26. The fraction of sp³-hybridized carbons (Fsp3) is 0.143. The summed E-state index contributed by atoms with van der Waals surface area (Å²) >= 11 is 0. The van der Waals surface area contributed by atoms with E-state index in [0.29, 0.717) is 11.3 Å². The van der Waals surface area contributed by atoms with Crippen molar-refractivity contribution in [3.8, 4) is 5.75 Å². The van der Waals surface area contributed by atoms with Gasteiger partial charge in [0, 0.05) is 11.3 Å². The number of anilines is 1. The lowest BCUT2D eigenvalue weighted by atomic mass is 9.97. The molecule has 0 bridgehead atoms. The Morgan fingerprint density at radius 1 is 0.962 bits per heavy atom. The summed E-state index contributed by atoms with van der Waals surface area (Å²) in [6.45, 7) is 1.86. The zero-order valence-electron chi connectivity index (χ0n) is 14.7. The van der Waals surface area contributed by atoms with Crippen molar-refractivity contribution in [1.29, 1.82) is 0 Å². The minimum atomic E-state index is -0.496. The Bertz CT molecular complexity index is 965. The number of methoxy groups -OCH3 is 1. The van der Waals surface area contributed by atoms with Crippen LogP contribution >= 0.6 is 0 Å². The predicted molar refractivity (Wildman–Crippen MR) is 103 cm³/mol. The van der Waals surface area contributed by atoms with E-state index in [1.165, 1.54) is 0 Å². The molecule has 5 heteroatoms. The Kier molecular flexibility index (Phi) is 4.89. The normalized spacial score (nSPS) is 11.8. The molecule has 3 aromatic rings. The van der Waals surface area contributed by atoms with Crippen LogP contribution in [-0.4, -0.2) is 18.9 Å². The van der Waals surface area contributed by atoms with Crippen LogP contribution in [0.15, 0.2) is 60.7 Å². The largest absolute Gasteiger partial charge is 0.497 e.